The second-order valence-electron chi connectivity index (χ2n) is 4.11. The van der Waals surface area contributed by atoms with Gasteiger partial charge in [0.05, 0.1) is 16.9 Å². The lowest BCUT2D eigenvalue weighted by molar-refractivity contribution is -0.147. The van der Waals surface area contributed by atoms with Crippen molar-refractivity contribution in [2.45, 2.75) is 25.7 Å². The van der Waals surface area contributed by atoms with Gasteiger partial charge in [-0.25, -0.2) is 8.42 Å². The zero-order chi connectivity index (χ0) is 11.5. The van der Waals surface area contributed by atoms with Crippen LogP contribution in [0, 0.1) is 5.41 Å². The Bertz CT molecular complexity index is 358. The zero-order valence-corrected chi connectivity index (χ0v) is 9.42. The fourth-order valence-electron chi connectivity index (χ4n) is 1.97. The van der Waals surface area contributed by atoms with Gasteiger partial charge in [0.2, 0.25) is 0 Å². The van der Waals surface area contributed by atoms with Crippen LogP contribution in [0.3, 0.4) is 0 Å². The van der Waals surface area contributed by atoms with E-state index in [9.17, 15) is 13.2 Å². The zero-order valence-electron chi connectivity index (χ0n) is 8.61. The maximum Gasteiger partial charge on any atom is 0.310 e. The van der Waals surface area contributed by atoms with Crippen molar-refractivity contribution in [1.82, 2.24) is 0 Å². The number of sulfone groups is 1. The van der Waals surface area contributed by atoms with E-state index in [4.69, 9.17) is 5.11 Å². The summed E-state index contributed by atoms with van der Waals surface area (Å²) in [5.41, 5.74) is -1.04. The third-order valence-electron chi connectivity index (χ3n) is 2.91. The summed E-state index contributed by atoms with van der Waals surface area (Å²) in [5, 5.41) is 9.11. The van der Waals surface area contributed by atoms with E-state index in [0.717, 1.165) is 6.42 Å². The predicted molar refractivity (Wildman–Crippen MR) is 57.4 cm³/mol. The third-order valence-corrected chi connectivity index (χ3v) is 4.72. The van der Waals surface area contributed by atoms with E-state index in [1.807, 2.05) is 0 Å². The van der Waals surface area contributed by atoms with E-state index >= 15 is 0 Å². The molecule has 0 aromatic rings. The Morgan fingerprint density at radius 3 is 2.60 bits per heavy atom. The van der Waals surface area contributed by atoms with Gasteiger partial charge >= 0.3 is 5.97 Å². The van der Waals surface area contributed by atoms with Gasteiger partial charge in [0.25, 0.3) is 0 Å². The molecule has 1 rings (SSSR count). The summed E-state index contributed by atoms with van der Waals surface area (Å²) in [6, 6.07) is 0. The average molecular weight is 232 g/mol. The molecule has 1 aliphatic heterocycles. The predicted octanol–water partition coefficient (Wildman–Crippen LogP) is 1.23. The molecule has 1 unspecified atom stereocenters. The molecule has 0 radical (unpaired) electrons. The molecule has 0 amide bonds. The van der Waals surface area contributed by atoms with Gasteiger partial charge in [-0.3, -0.25) is 4.79 Å². The Labute approximate surface area is 89.9 Å². The minimum absolute atomic E-state index is 0.00733. The summed E-state index contributed by atoms with van der Waals surface area (Å²) in [6.45, 7) is 3.56. The van der Waals surface area contributed by atoms with E-state index in [0.29, 0.717) is 12.8 Å². The summed E-state index contributed by atoms with van der Waals surface area (Å²) in [6.07, 6.45) is 3.81. The molecule has 1 aliphatic rings. The van der Waals surface area contributed by atoms with Crippen molar-refractivity contribution in [2.75, 3.05) is 11.5 Å². The van der Waals surface area contributed by atoms with Crippen LogP contribution in [-0.4, -0.2) is 31.0 Å². The highest BCUT2D eigenvalue weighted by molar-refractivity contribution is 7.91. The fourth-order valence-corrected chi connectivity index (χ4v) is 4.07. The average Bonchev–Trinajstić information content (AvgIpc) is 2.44. The largest absolute Gasteiger partial charge is 0.481 e. The van der Waals surface area contributed by atoms with E-state index in [1.165, 1.54) is 0 Å². The highest BCUT2D eigenvalue weighted by atomic mass is 32.2. The Balaban J connectivity index is 2.73. The van der Waals surface area contributed by atoms with Crippen molar-refractivity contribution >= 4 is 15.8 Å². The lowest BCUT2D eigenvalue weighted by Crippen LogP contribution is -2.32. The van der Waals surface area contributed by atoms with Crippen LogP contribution >= 0.6 is 0 Å². The van der Waals surface area contributed by atoms with Crippen LogP contribution in [0.1, 0.15) is 25.7 Å². The summed E-state index contributed by atoms with van der Waals surface area (Å²) >= 11 is 0. The van der Waals surface area contributed by atoms with E-state index < -0.39 is 21.2 Å². The van der Waals surface area contributed by atoms with Gasteiger partial charge in [-0.1, -0.05) is 6.08 Å². The molecule has 86 valence electrons. The molecule has 1 heterocycles. The van der Waals surface area contributed by atoms with Crippen LogP contribution < -0.4 is 0 Å². The first-order chi connectivity index (χ1) is 6.92. The van der Waals surface area contributed by atoms with Gasteiger partial charge in [-0.2, -0.15) is 0 Å². The highest BCUT2D eigenvalue weighted by Crippen LogP contribution is 2.37. The van der Waals surface area contributed by atoms with Gasteiger partial charge in [0, 0.05) is 0 Å². The molecule has 1 atom stereocenters. The summed E-state index contributed by atoms with van der Waals surface area (Å²) in [7, 11) is -3.14. The standard InChI is InChI=1S/C10H16O4S/c1-2-3-4-5-10(9(11)12)6-7-15(13,14)8-10/h2H,1,3-8H2,(H,11,12). The van der Waals surface area contributed by atoms with Crippen molar-refractivity contribution in [1.29, 1.82) is 0 Å². The number of allylic oxidation sites excluding steroid dienone is 1. The van der Waals surface area contributed by atoms with Gasteiger partial charge < -0.3 is 5.11 Å². The number of carboxylic acid groups (broad SMARTS) is 1. The van der Waals surface area contributed by atoms with Gasteiger partial charge in [0.15, 0.2) is 9.84 Å². The molecule has 4 nitrogen and oxygen atoms in total. The maximum absolute atomic E-state index is 11.3. The van der Waals surface area contributed by atoms with Crippen LogP contribution in [0.4, 0.5) is 0 Å². The molecule has 15 heavy (non-hydrogen) atoms. The summed E-state index contributed by atoms with van der Waals surface area (Å²) < 4.78 is 22.6. The quantitative estimate of drug-likeness (QED) is 0.571. The molecular formula is C10H16O4S. The molecule has 0 spiro atoms. The molecule has 0 bridgehead atoms. The second kappa shape index (κ2) is 4.35. The van der Waals surface area contributed by atoms with E-state index in [2.05, 4.69) is 6.58 Å². The van der Waals surface area contributed by atoms with Crippen molar-refractivity contribution in [2.24, 2.45) is 5.41 Å². The molecule has 5 heteroatoms. The number of rotatable bonds is 5. The van der Waals surface area contributed by atoms with E-state index in [-0.39, 0.29) is 17.9 Å². The monoisotopic (exact) mass is 232 g/mol. The van der Waals surface area contributed by atoms with Crippen molar-refractivity contribution in [3.05, 3.63) is 12.7 Å². The van der Waals surface area contributed by atoms with Crippen molar-refractivity contribution in [3.8, 4) is 0 Å². The summed E-state index contributed by atoms with van der Waals surface area (Å²) in [4.78, 5) is 11.1. The number of aliphatic carboxylic acids is 1. The first-order valence-corrected chi connectivity index (χ1v) is 6.79. The maximum atomic E-state index is 11.3. The molecule has 1 fully saturated rings. The van der Waals surface area contributed by atoms with Crippen LogP contribution in [-0.2, 0) is 14.6 Å². The lowest BCUT2D eigenvalue weighted by atomic mass is 9.82. The highest BCUT2D eigenvalue weighted by Gasteiger charge is 2.47. The topological polar surface area (TPSA) is 71.4 Å². The smallest absolute Gasteiger partial charge is 0.310 e. The van der Waals surface area contributed by atoms with E-state index in [1.54, 1.807) is 6.08 Å². The van der Waals surface area contributed by atoms with Crippen LogP contribution in [0.25, 0.3) is 0 Å². The number of carboxylic acids is 1. The third kappa shape index (κ3) is 2.81. The Kier molecular flexibility index (Phi) is 3.54. The number of carbonyl (C=O) groups is 1. The molecule has 0 aromatic carbocycles. The Morgan fingerprint density at radius 2 is 2.20 bits per heavy atom. The Morgan fingerprint density at radius 1 is 1.53 bits per heavy atom. The molecule has 0 aromatic heterocycles. The molecule has 1 saturated heterocycles. The van der Waals surface area contributed by atoms with Crippen LogP contribution in [0.15, 0.2) is 12.7 Å². The molecule has 0 aliphatic carbocycles. The van der Waals surface area contributed by atoms with Crippen LogP contribution in [0.2, 0.25) is 0 Å². The van der Waals surface area contributed by atoms with Gasteiger partial charge in [-0.05, 0) is 25.7 Å². The Hall–Kier alpha value is -0.840. The normalized spacial score (nSPS) is 28.8. The fraction of sp³-hybridized carbons (Fsp3) is 0.700. The summed E-state index contributed by atoms with van der Waals surface area (Å²) in [5.74, 6) is -1.17. The molecule has 1 N–H and O–H groups in total. The van der Waals surface area contributed by atoms with Crippen molar-refractivity contribution in [3.63, 3.8) is 0 Å². The SMILES string of the molecule is C=CCCCC1(C(=O)O)CCS(=O)(=O)C1. The first-order valence-electron chi connectivity index (χ1n) is 4.97. The molecular weight excluding hydrogens is 216 g/mol. The lowest BCUT2D eigenvalue weighted by Gasteiger charge is -2.21. The van der Waals surface area contributed by atoms with Crippen LogP contribution in [0.5, 0.6) is 0 Å². The minimum atomic E-state index is -3.14. The van der Waals surface area contributed by atoms with Crippen molar-refractivity contribution < 1.29 is 18.3 Å². The number of hydrogen-bond donors (Lipinski definition) is 1. The minimum Gasteiger partial charge on any atom is -0.481 e. The second-order valence-corrected chi connectivity index (χ2v) is 6.29. The molecule has 0 saturated carbocycles. The van der Waals surface area contributed by atoms with Gasteiger partial charge in [-0.15, -0.1) is 6.58 Å². The van der Waals surface area contributed by atoms with Gasteiger partial charge in [0.1, 0.15) is 0 Å². The number of unbranched alkanes of at least 4 members (excludes halogenated alkanes) is 1. The first kappa shape index (κ1) is 12.2. The number of hydrogen-bond acceptors (Lipinski definition) is 3.